The standard InChI is InChI=1S/C22H27N3O2/c1-22(10-12-25(13-11-22)16-17-6-3-2-4-7-17)21(27)24-15-18-8-5-9-19(14-18)20(23)26/h2-9,14H,10-13,15-16H2,1H3,(H2,23,26)(H,24,27). The number of primary amides is 1. The smallest absolute Gasteiger partial charge is 0.248 e. The molecule has 1 saturated heterocycles. The summed E-state index contributed by atoms with van der Waals surface area (Å²) in [5.41, 5.74) is 7.61. The van der Waals surface area contributed by atoms with E-state index in [1.807, 2.05) is 19.1 Å². The van der Waals surface area contributed by atoms with E-state index in [1.54, 1.807) is 18.2 Å². The van der Waals surface area contributed by atoms with Crippen molar-refractivity contribution < 1.29 is 9.59 Å². The molecule has 0 aromatic heterocycles. The van der Waals surface area contributed by atoms with Crippen LogP contribution in [0.15, 0.2) is 54.6 Å². The van der Waals surface area contributed by atoms with Crippen molar-refractivity contribution in [2.75, 3.05) is 13.1 Å². The van der Waals surface area contributed by atoms with Crippen molar-refractivity contribution in [1.82, 2.24) is 10.2 Å². The van der Waals surface area contributed by atoms with Gasteiger partial charge < -0.3 is 11.1 Å². The summed E-state index contributed by atoms with van der Waals surface area (Å²) in [6, 6.07) is 17.5. The Morgan fingerprint density at radius 3 is 2.37 bits per heavy atom. The number of carbonyl (C=O) groups excluding carboxylic acids is 2. The zero-order chi connectivity index (χ0) is 19.3. The third-order valence-corrected chi connectivity index (χ3v) is 5.42. The molecule has 0 aliphatic carbocycles. The monoisotopic (exact) mass is 365 g/mol. The van der Waals surface area contributed by atoms with Crippen LogP contribution in [-0.4, -0.2) is 29.8 Å². The maximum atomic E-state index is 12.8. The minimum atomic E-state index is -0.457. The first-order valence-corrected chi connectivity index (χ1v) is 9.40. The molecule has 0 radical (unpaired) electrons. The van der Waals surface area contributed by atoms with E-state index in [0.29, 0.717) is 12.1 Å². The van der Waals surface area contributed by atoms with Crippen LogP contribution in [0.4, 0.5) is 0 Å². The molecule has 0 saturated carbocycles. The predicted molar refractivity (Wildman–Crippen MR) is 106 cm³/mol. The molecule has 0 atom stereocenters. The number of nitrogens with one attached hydrogen (secondary N) is 1. The van der Waals surface area contributed by atoms with Gasteiger partial charge >= 0.3 is 0 Å². The second kappa shape index (κ2) is 8.35. The van der Waals surface area contributed by atoms with Gasteiger partial charge in [-0.05, 0) is 49.2 Å². The zero-order valence-corrected chi connectivity index (χ0v) is 15.8. The summed E-state index contributed by atoms with van der Waals surface area (Å²) in [6.45, 7) is 5.20. The molecule has 5 heteroatoms. The maximum absolute atomic E-state index is 12.8. The third-order valence-electron chi connectivity index (χ3n) is 5.42. The summed E-state index contributed by atoms with van der Waals surface area (Å²) in [5, 5.41) is 3.03. The predicted octanol–water partition coefficient (Wildman–Crippen LogP) is 2.70. The molecule has 2 aromatic rings. The molecular formula is C22H27N3O2. The average Bonchev–Trinajstić information content (AvgIpc) is 2.69. The van der Waals surface area contributed by atoms with Crippen LogP contribution in [-0.2, 0) is 17.9 Å². The van der Waals surface area contributed by atoms with Crippen molar-refractivity contribution in [3.05, 3.63) is 71.3 Å². The molecule has 0 bridgehead atoms. The van der Waals surface area contributed by atoms with Gasteiger partial charge in [0.1, 0.15) is 0 Å². The minimum Gasteiger partial charge on any atom is -0.366 e. The lowest BCUT2D eigenvalue weighted by Gasteiger charge is -2.38. The van der Waals surface area contributed by atoms with Gasteiger partial charge in [-0.3, -0.25) is 14.5 Å². The van der Waals surface area contributed by atoms with Gasteiger partial charge in [0.05, 0.1) is 0 Å². The summed E-state index contributed by atoms with van der Waals surface area (Å²) < 4.78 is 0. The summed E-state index contributed by atoms with van der Waals surface area (Å²) >= 11 is 0. The maximum Gasteiger partial charge on any atom is 0.248 e. The molecule has 3 N–H and O–H groups in total. The molecule has 0 spiro atoms. The van der Waals surface area contributed by atoms with Gasteiger partial charge in [0, 0.05) is 24.1 Å². The van der Waals surface area contributed by atoms with Crippen LogP contribution in [0.25, 0.3) is 0 Å². The van der Waals surface area contributed by atoms with Crippen molar-refractivity contribution in [2.24, 2.45) is 11.1 Å². The SMILES string of the molecule is CC1(C(=O)NCc2cccc(C(N)=O)c2)CCN(Cc2ccccc2)CC1. The van der Waals surface area contributed by atoms with E-state index >= 15 is 0 Å². The molecule has 1 fully saturated rings. The number of piperidine rings is 1. The quantitative estimate of drug-likeness (QED) is 0.826. The van der Waals surface area contributed by atoms with Crippen LogP contribution < -0.4 is 11.1 Å². The van der Waals surface area contributed by atoms with Gasteiger partial charge in [-0.15, -0.1) is 0 Å². The van der Waals surface area contributed by atoms with Gasteiger partial charge in [0.25, 0.3) is 0 Å². The van der Waals surface area contributed by atoms with Gasteiger partial charge in [-0.2, -0.15) is 0 Å². The van der Waals surface area contributed by atoms with Crippen LogP contribution in [0.2, 0.25) is 0 Å². The Morgan fingerprint density at radius 1 is 1.04 bits per heavy atom. The van der Waals surface area contributed by atoms with E-state index in [9.17, 15) is 9.59 Å². The lowest BCUT2D eigenvalue weighted by atomic mass is 9.79. The molecule has 5 nitrogen and oxygen atoms in total. The number of carbonyl (C=O) groups is 2. The minimum absolute atomic E-state index is 0.0753. The molecule has 1 aliphatic heterocycles. The third kappa shape index (κ3) is 4.95. The molecule has 1 heterocycles. The fraction of sp³-hybridized carbons (Fsp3) is 0.364. The first-order chi connectivity index (χ1) is 13.0. The highest BCUT2D eigenvalue weighted by molar-refractivity contribution is 5.92. The zero-order valence-electron chi connectivity index (χ0n) is 15.8. The number of rotatable bonds is 6. The topological polar surface area (TPSA) is 75.4 Å². The van der Waals surface area contributed by atoms with Crippen molar-refractivity contribution in [1.29, 1.82) is 0 Å². The number of benzene rings is 2. The van der Waals surface area contributed by atoms with Crippen molar-refractivity contribution in [3.63, 3.8) is 0 Å². The Morgan fingerprint density at radius 2 is 1.70 bits per heavy atom. The molecule has 2 aromatic carbocycles. The summed E-state index contributed by atoms with van der Waals surface area (Å²) in [7, 11) is 0. The Balaban J connectivity index is 1.51. The van der Waals surface area contributed by atoms with E-state index in [-0.39, 0.29) is 11.3 Å². The van der Waals surface area contributed by atoms with Crippen molar-refractivity contribution >= 4 is 11.8 Å². The van der Waals surface area contributed by atoms with Gasteiger partial charge in [-0.1, -0.05) is 49.4 Å². The lowest BCUT2D eigenvalue weighted by Crippen LogP contribution is -2.46. The van der Waals surface area contributed by atoms with Crippen molar-refractivity contribution in [2.45, 2.75) is 32.9 Å². The average molecular weight is 365 g/mol. The molecule has 3 rings (SSSR count). The molecule has 0 unspecified atom stereocenters. The van der Waals surface area contributed by atoms with Crippen LogP contribution in [0, 0.1) is 5.41 Å². The fourth-order valence-electron chi connectivity index (χ4n) is 3.50. The van der Waals surface area contributed by atoms with E-state index in [4.69, 9.17) is 5.73 Å². The molecule has 27 heavy (non-hydrogen) atoms. The van der Waals surface area contributed by atoms with Gasteiger partial charge in [-0.25, -0.2) is 0 Å². The Bertz CT molecular complexity index is 796. The van der Waals surface area contributed by atoms with Crippen LogP contribution >= 0.6 is 0 Å². The second-order valence-electron chi connectivity index (χ2n) is 7.57. The number of nitrogens with two attached hydrogens (primary N) is 1. The molecule has 1 aliphatic rings. The normalized spacial score (nSPS) is 16.6. The van der Waals surface area contributed by atoms with Crippen LogP contribution in [0.1, 0.15) is 41.3 Å². The van der Waals surface area contributed by atoms with E-state index in [2.05, 4.69) is 34.5 Å². The molecule has 142 valence electrons. The van der Waals surface area contributed by atoms with Crippen LogP contribution in [0.3, 0.4) is 0 Å². The van der Waals surface area contributed by atoms with Crippen LogP contribution in [0.5, 0.6) is 0 Å². The lowest BCUT2D eigenvalue weighted by molar-refractivity contribution is -0.133. The first-order valence-electron chi connectivity index (χ1n) is 9.40. The molecule has 2 amide bonds. The number of likely N-dealkylation sites (tertiary alicyclic amines) is 1. The summed E-state index contributed by atoms with van der Waals surface area (Å²) in [4.78, 5) is 26.4. The van der Waals surface area contributed by atoms with Crippen molar-refractivity contribution in [3.8, 4) is 0 Å². The van der Waals surface area contributed by atoms with Gasteiger partial charge in [0.2, 0.25) is 11.8 Å². The van der Waals surface area contributed by atoms with Gasteiger partial charge in [0.15, 0.2) is 0 Å². The second-order valence-corrected chi connectivity index (χ2v) is 7.57. The number of nitrogens with zero attached hydrogens (tertiary/aromatic N) is 1. The number of hydrogen-bond donors (Lipinski definition) is 2. The highest BCUT2D eigenvalue weighted by Crippen LogP contribution is 2.31. The van der Waals surface area contributed by atoms with E-state index in [0.717, 1.165) is 38.0 Å². The highest BCUT2D eigenvalue weighted by atomic mass is 16.2. The Kier molecular flexibility index (Phi) is 5.91. The fourth-order valence-corrected chi connectivity index (χ4v) is 3.50. The Labute approximate surface area is 160 Å². The summed E-state index contributed by atoms with van der Waals surface area (Å²) in [6.07, 6.45) is 1.68. The highest BCUT2D eigenvalue weighted by Gasteiger charge is 2.36. The first kappa shape index (κ1) is 19.1. The summed E-state index contributed by atoms with van der Waals surface area (Å²) in [5.74, 6) is -0.382. The van der Waals surface area contributed by atoms with E-state index < -0.39 is 5.91 Å². The largest absolute Gasteiger partial charge is 0.366 e. The van der Waals surface area contributed by atoms with E-state index in [1.165, 1.54) is 5.56 Å². The number of hydrogen-bond acceptors (Lipinski definition) is 3. The number of amides is 2. The Hall–Kier alpha value is -2.66. The molecular weight excluding hydrogens is 338 g/mol.